The van der Waals surface area contributed by atoms with Crippen LogP contribution in [0.1, 0.15) is 45.1 Å². The fraction of sp³-hybridized carbons (Fsp3) is 0.412. The molecule has 4 nitrogen and oxygen atoms in total. The average Bonchev–Trinajstić information content (AvgIpc) is 2.46. The third-order valence-electron chi connectivity index (χ3n) is 3.24. The zero-order chi connectivity index (χ0) is 15.7. The molecule has 1 aromatic carbocycles. The van der Waals surface area contributed by atoms with Crippen molar-refractivity contribution < 1.29 is 14.7 Å². The molecule has 21 heavy (non-hydrogen) atoms. The highest BCUT2D eigenvalue weighted by Gasteiger charge is 2.16. The molecule has 0 heterocycles. The maximum atomic E-state index is 12.2. The Morgan fingerprint density at radius 3 is 2.19 bits per heavy atom. The summed E-state index contributed by atoms with van der Waals surface area (Å²) in [6, 6.07) is 7.14. The zero-order valence-electron chi connectivity index (χ0n) is 12.6. The van der Waals surface area contributed by atoms with E-state index in [1.165, 1.54) is 6.08 Å². The summed E-state index contributed by atoms with van der Waals surface area (Å²) >= 11 is 0. The van der Waals surface area contributed by atoms with Gasteiger partial charge < -0.3 is 10.4 Å². The number of carbonyl (C=O) groups excluding carboxylic acids is 1. The van der Waals surface area contributed by atoms with E-state index < -0.39 is 5.97 Å². The Labute approximate surface area is 125 Å². The van der Waals surface area contributed by atoms with Gasteiger partial charge in [0.15, 0.2) is 0 Å². The Bertz CT molecular complexity index is 485. The van der Waals surface area contributed by atoms with Gasteiger partial charge in [0.25, 0.3) is 0 Å². The van der Waals surface area contributed by atoms with Crippen LogP contribution in [0.4, 0.5) is 5.69 Å². The molecule has 0 unspecified atom stereocenters. The molecule has 0 fully saturated rings. The molecule has 0 aliphatic heterocycles. The van der Waals surface area contributed by atoms with Crippen LogP contribution in [-0.4, -0.2) is 17.0 Å². The lowest BCUT2D eigenvalue weighted by Gasteiger charge is -2.15. The number of anilines is 1. The van der Waals surface area contributed by atoms with Crippen LogP contribution < -0.4 is 5.32 Å². The third-order valence-corrected chi connectivity index (χ3v) is 3.24. The van der Waals surface area contributed by atoms with E-state index in [1.807, 2.05) is 0 Å². The first-order valence-corrected chi connectivity index (χ1v) is 7.38. The molecule has 0 aromatic heterocycles. The van der Waals surface area contributed by atoms with Crippen LogP contribution >= 0.6 is 0 Å². The fourth-order valence-corrected chi connectivity index (χ4v) is 2.19. The molecule has 0 saturated carbocycles. The van der Waals surface area contributed by atoms with Crippen LogP contribution in [0.15, 0.2) is 30.3 Å². The molecule has 0 aliphatic rings. The van der Waals surface area contributed by atoms with Gasteiger partial charge in [-0.3, -0.25) is 4.79 Å². The minimum Gasteiger partial charge on any atom is -0.478 e. The number of rotatable bonds is 8. The molecule has 1 rings (SSSR count). The average molecular weight is 289 g/mol. The Balaban J connectivity index is 2.65. The minimum absolute atomic E-state index is 0.0617. The van der Waals surface area contributed by atoms with Crippen LogP contribution in [0.5, 0.6) is 0 Å². The van der Waals surface area contributed by atoms with Crippen molar-refractivity contribution in [2.75, 3.05) is 5.32 Å². The van der Waals surface area contributed by atoms with E-state index >= 15 is 0 Å². The van der Waals surface area contributed by atoms with Crippen molar-refractivity contribution in [3.05, 3.63) is 35.9 Å². The van der Waals surface area contributed by atoms with Crippen molar-refractivity contribution in [3.63, 3.8) is 0 Å². The normalized spacial score (nSPS) is 11.0. The van der Waals surface area contributed by atoms with E-state index in [-0.39, 0.29) is 11.8 Å². The van der Waals surface area contributed by atoms with Gasteiger partial charge in [-0.1, -0.05) is 38.8 Å². The van der Waals surface area contributed by atoms with E-state index in [9.17, 15) is 9.59 Å². The molecule has 0 aliphatic carbocycles. The van der Waals surface area contributed by atoms with Crippen LogP contribution in [0.25, 0.3) is 6.08 Å². The van der Waals surface area contributed by atoms with E-state index in [0.717, 1.165) is 43.0 Å². The van der Waals surface area contributed by atoms with Gasteiger partial charge in [-0.25, -0.2) is 4.79 Å². The summed E-state index contributed by atoms with van der Waals surface area (Å²) in [6.07, 6.45) is 6.41. The largest absolute Gasteiger partial charge is 0.478 e. The fourth-order valence-electron chi connectivity index (χ4n) is 2.19. The predicted molar refractivity (Wildman–Crippen MR) is 85.0 cm³/mol. The van der Waals surface area contributed by atoms with Gasteiger partial charge in [-0.15, -0.1) is 0 Å². The Kier molecular flexibility index (Phi) is 7.23. The summed E-state index contributed by atoms with van der Waals surface area (Å²) in [6.45, 7) is 4.17. The van der Waals surface area contributed by atoms with Crippen molar-refractivity contribution >= 4 is 23.6 Å². The lowest BCUT2D eigenvalue weighted by molar-refractivity contribution is -0.131. The maximum Gasteiger partial charge on any atom is 0.328 e. The summed E-state index contributed by atoms with van der Waals surface area (Å²) in [5.74, 6) is -0.853. The highest BCUT2D eigenvalue weighted by Crippen LogP contribution is 2.17. The van der Waals surface area contributed by atoms with E-state index in [0.29, 0.717) is 0 Å². The van der Waals surface area contributed by atoms with Gasteiger partial charge in [0.05, 0.1) is 0 Å². The van der Waals surface area contributed by atoms with E-state index in [4.69, 9.17) is 5.11 Å². The van der Waals surface area contributed by atoms with Gasteiger partial charge in [-0.05, 0) is 36.6 Å². The molecule has 0 spiro atoms. The minimum atomic E-state index is -0.977. The van der Waals surface area contributed by atoms with Crippen LogP contribution in [-0.2, 0) is 9.59 Å². The molecule has 2 N–H and O–H groups in total. The van der Waals surface area contributed by atoms with Gasteiger partial charge in [0.1, 0.15) is 0 Å². The summed E-state index contributed by atoms with van der Waals surface area (Å²) in [5.41, 5.74) is 1.53. The number of benzene rings is 1. The molecular weight excluding hydrogens is 266 g/mol. The molecule has 0 atom stereocenters. The Morgan fingerprint density at radius 2 is 1.71 bits per heavy atom. The number of aliphatic carboxylic acids is 1. The highest BCUT2D eigenvalue weighted by atomic mass is 16.4. The molecule has 0 bridgehead atoms. The summed E-state index contributed by atoms with van der Waals surface area (Å²) in [5, 5.41) is 11.5. The van der Waals surface area contributed by atoms with Gasteiger partial charge >= 0.3 is 5.97 Å². The van der Waals surface area contributed by atoms with Crippen LogP contribution in [0.2, 0.25) is 0 Å². The Morgan fingerprint density at radius 1 is 1.14 bits per heavy atom. The summed E-state index contributed by atoms with van der Waals surface area (Å²) in [4.78, 5) is 22.6. The molecule has 4 heteroatoms. The van der Waals surface area contributed by atoms with Gasteiger partial charge in [-0.2, -0.15) is 0 Å². The summed E-state index contributed by atoms with van der Waals surface area (Å²) in [7, 11) is 0. The first-order valence-electron chi connectivity index (χ1n) is 7.38. The van der Waals surface area contributed by atoms with Crippen molar-refractivity contribution in [2.45, 2.75) is 39.5 Å². The monoisotopic (exact) mass is 289 g/mol. The molecule has 0 radical (unpaired) electrons. The highest BCUT2D eigenvalue weighted by molar-refractivity contribution is 5.92. The first kappa shape index (κ1) is 17.0. The standard InChI is InChI=1S/C17H23NO3/c1-3-5-14(6-4-2)17(21)18-15-10-7-13(8-11-15)9-12-16(19)20/h7-12,14H,3-6H2,1-2H3,(H,18,21)(H,19,20). The smallest absolute Gasteiger partial charge is 0.328 e. The number of hydrogen-bond acceptors (Lipinski definition) is 2. The first-order chi connectivity index (χ1) is 10.1. The summed E-state index contributed by atoms with van der Waals surface area (Å²) < 4.78 is 0. The number of amides is 1. The molecule has 0 saturated heterocycles. The van der Waals surface area contributed by atoms with Crippen molar-refractivity contribution in [3.8, 4) is 0 Å². The zero-order valence-corrected chi connectivity index (χ0v) is 12.6. The van der Waals surface area contributed by atoms with Crippen LogP contribution in [0, 0.1) is 5.92 Å². The topological polar surface area (TPSA) is 66.4 Å². The van der Waals surface area contributed by atoms with Crippen LogP contribution in [0.3, 0.4) is 0 Å². The molecule has 1 aromatic rings. The third kappa shape index (κ3) is 6.25. The van der Waals surface area contributed by atoms with E-state index in [2.05, 4.69) is 19.2 Å². The predicted octanol–water partition coefficient (Wildman–Crippen LogP) is 3.94. The lowest BCUT2D eigenvalue weighted by atomic mass is 9.97. The second-order valence-electron chi connectivity index (χ2n) is 5.06. The second kappa shape index (κ2) is 8.95. The van der Waals surface area contributed by atoms with Gasteiger partial charge in [0, 0.05) is 17.7 Å². The number of carboxylic acid groups (broad SMARTS) is 1. The second-order valence-corrected chi connectivity index (χ2v) is 5.06. The maximum absolute atomic E-state index is 12.2. The number of nitrogens with one attached hydrogen (secondary N) is 1. The quantitative estimate of drug-likeness (QED) is 0.712. The molecule has 1 amide bonds. The van der Waals surface area contributed by atoms with Crippen molar-refractivity contribution in [1.29, 1.82) is 0 Å². The number of hydrogen-bond donors (Lipinski definition) is 2. The van der Waals surface area contributed by atoms with Crippen molar-refractivity contribution in [1.82, 2.24) is 0 Å². The Hall–Kier alpha value is -2.10. The number of carbonyl (C=O) groups is 2. The van der Waals surface area contributed by atoms with Gasteiger partial charge in [0.2, 0.25) is 5.91 Å². The molecule has 114 valence electrons. The number of carboxylic acids is 1. The molecular formula is C17H23NO3. The lowest BCUT2D eigenvalue weighted by Crippen LogP contribution is -2.22. The van der Waals surface area contributed by atoms with Crippen molar-refractivity contribution in [2.24, 2.45) is 5.92 Å². The van der Waals surface area contributed by atoms with E-state index in [1.54, 1.807) is 24.3 Å². The SMILES string of the molecule is CCCC(CCC)C(=O)Nc1ccc(C=CC(=O)O)cc1.